The fourth-order valence-corrected chi connectivity index (χ4v) is 2.62. The van der Waals surface area contributed by atoms with Gasteiger partial charge in [-0.3, -0.25) is 9.59 Å². The highest BCUT2D eigenvalue weighted by atomic mass is 16.7. The smallest absolute Gasteiger partial charge is 0.461 e. The molecule has 0 heterocycles. The van der Waals surface area contributed by atoms with E-state index in [-0.39, 0.29) is 43.7 Å². The van der Waals surface area contributed by atoms with Gasteiger partial charge in [0.2, 0.25) is 0 Å². The minimum Gasteiger partial charge on any atom is -0.461 e. The molecule has 0 bridgehead atoms. The normalized spacial score (nSPS) is 12.6. The van der Waals surface area contributed by atoms with Gasteiger partial charge in [-0.25, -0.2) is 9.59 Å². The van der Waals surface area contributed by atoms with Crippen molar-refractivity contribution in [3.63, 3.8) is 0 Å². The van der Waals surface area contributed by atoms with Gasteiger partial charge >= 0.3 is 24.2 Å². The summed E-state index contributed by atoms with van der Waals surface area (Å²) in [5.41, 5.74) is 5.86. The number of esters is 2. The molecule has 2 atom stereocenters. The van der Waals surface area contributed by atoms with Crippen molar-refractivity contribution >= 4 is 24.2 Å². The second kappa shape index (κ2) is 15.7. The predicted molar refractivity (Wildman–Crippen MR) is 133 cm³/mol. The second-order valence-electron chi connectivity index (χ2n) is 9.08. The lowest BCUT2D eigenvalue weighted by atomic mass is 9.91. The number of carbonyl (C=O) groups is 4. The quantitative estimate of drug-likeness (QED) is 0.210. The minimum absolute atomic E-state index is 0.0246. The van der Waals surface area contributed by atoms with Gasteiger partial charge < -0.3 is 34.2 Å². The molecule has 0 amide bonds. The molecule has 11 nitrogen and oxygen atoms in total. The molecule has 0 saturated heterocycles. The number of carbonyl (C=O) groups excluding carboxylic acids is 4. The molecule has 0 aliphatic rings. The van der Waals surface area contributed by atoms with Crippen LogP contribution in [0.4, 0.5) is 9.59 Å². The fraction of sp³-hybridized carbons (Fsp3) is 0.615. The lowest BCUT2D eigenvalue weighted by molar-refractivity contribution is -0.166. The number of benzene rings is 1. The molecule has 0 fully saturated rings. The van der Waals surface area contributed by atoms with Crippen LogP contribution in [-0.4, -0.2) is 56.2 Å². The van der Waals surface area contributed by atoms with Crippen LogP contribution in [0.1, 0.15) is 66.4 Å². The summed E-state index contributed by atoms with van der Waals surface area (Å²) in [6, 6.07) is 3.29. The highest BCUT2D eigenvalue weighted by Crippen LogP contribution is 2.30. The van der Waals surface area contributed by atoms with E-state index in [4.69, 9.17) is 34.2 Å². The molecule has 1 rings (SSSR count). The van der Waals surface area contributed by atoms with Crippen LogP contribution in [0.3, 0.4) is 0 Å². The summed E-state index contributed by atoms with van der Waals surface area (Å²) in [5, 5.41) is 0. The highest BCUT2D eigenvalue weighted by Gasteiger charge is 2.29. The van der Waals surface area contributed by atoms with E-state index in [1.807, 2.05) is 20.8 Å². The topological polar surface area (TPSA) is 150 Å². The molecule has 0 aliphatic heterocycles. The zero-order valence-corrected chi connectivity index (χ0v) is 22.5. The van der Waals surface area contributed by atoms with Gasteiger partial charge in [0.15, 0.2) is 11.5 Å². The van der Waals surface area contributed by atoms with Crippen LogP contribution in [0.15, 0.2) is 18.2 Å². The van der Waals surface area contributed by atoms with Gasteiger partial charge in [0, 0.05) is 0 Å². The lowest BCUT2D eigenvalue weighted by Gasteiger charge is -2.23. The van der Waals surface area contributed by atoms with Crippen molar-refractivity contribution in [2.45, 2.75) is 79.4 Å². The van der Waals surface area contributed by atoms with Crippen LogP contribution in [0.2, 0.25) is 0 Å². The Morgan fingerprint density at radius 3 is 2.00 bits per heavy atom. The van der Waals surface area contributed by atoms with E-state index < -0.39 is 35.8 Å². The van der Waals surface area contributed by atoms with E-state index >= 15 is 0 Å². The summed E-state index contributed by atoms with van der Waals surface area (Å²) in [6.07, 6.45) is -0.763. The van der Waals surface area contributed by atoms with E-state index in [1.165, 1.54) is 12.1 Å². The molecule has 208 valence electrons. The maximum absolute atomic E-state index is 12.4. The molecule has 11 heteroatoms. The summed E-state index contributed by atoms with van der Waals surface area (Å²) in [7, 11) is 0. The molecule has 0 aromatic heterocycles. The van der Waals surface area contributed by atoms with Gasteiger partial charge in [0.05, 0.1) is 18.6 Å². The Balaban J connectivity index is 2.83. The Kier molecular flexibility index (Phi) is 13.4. The van der Waals surface area contributed by atoms with Gasteiger partial charge in [-0.05, 0) is 64.2 Å². The molecule has 0 radical (unpaired) electrons. The summed E-state index contributed by atoms with van der Waals surface area (Å²) in [4.78, 5) is 48.4. The van der Waals surface area contributed by atoms with Crippen LogP contribution >= 0.6 is 0 Å². The number of ether oxygens (including phenoxy) is 6. The molecule has 0 unspecified atom stereocenters. The van der Waals surface area contributed by atoms with E-state index in [0.717, 1.165) is 0 Å². The molecule has 2 N–H and O–H groups in total. The van der Waals surface area contributed by atoms with Gasteiger partial charge in [0.1, 0.15) is 18.8 Å². The van der Waals surface area contributed by atoms with Crippen molar-refractivity contribution in [2.75, 3.05) is 19.8 Å². The van der Waals surface area contributed by atoms with Crippen molar-refractivity contribution in [3.05, 3.63) is 23.8 Å². The van der Waals surface area contributed by atoms with Crippen molar-refractivity contribution < 1.29 is 47.6 Å². The molecule has 37 heavy (non-hydrogen) atoms. The summed E-state index contributed by atoms with van der Waals surface area (Å²) >= 11 is 0. The zero-order chi connectivity index (χ0) is 28.0. The zero-order valence-electron chi connectivity index (χ0n) is 22.5. The first-order chi connectivity index (χ1) is 17.4. The van der Waals surface area contributed by atoms with Gasteiger partial charge in [0.25, 0.3) is 0 Å². The Morgan fingerprint density at radius 2 is 1.46 bits per heavy atom. The van der Waals surface area contributed by atoms with Crippen LogP contribution in [0.5, 0.6) is 11.5 Å². The Bertz CT molecular complexity index is 915. The SMILES string of the molecule is CCCOC(=O)Oc1ccc(C[C@H](N)C(=O)OC[C@H](C)OC(=O)C(C)(C)CC)cc1OC(=O)OCCC. The average Bonchev–Trinajstić information content (AvgIpc) is 2.86. The molecule has 0 saturated carbocycles. The maximum Gasteiger partial charge on any atom is 0.513 e. The van der Waals surface area contributed by atoms with Crippen LogP contribution in [-0.2, 0) is 35.0 Å². The first-order valence-corrected chi connectivity index (χ1v) is 12.4. The molecule has 0 aliphatic carbocycles. The highest BCUT2D eigenvalue weighted by molar-refractivity contribution is 5.77. The van der Waals surface area contributed by atoms with Crippen LogP contribution in [0.25, 0.3) is 0 Å². The largest absolute Gasteiger partial charge is 0.513 e. The summed E-state index contributed by atoms with van der Waals surface area (Å²) < 4.78 is 30.7. The first kappa shape index (κ1) is 31.7. The molecular formula is C26H39NO10. The van der Waals surface area contributed by atoms with Crippen LogP contribution in [0, 0.1) is 5.41 Å². The van der Waals surface area contributed by atoms with Gasteiger partial charge in [-0.2, -0.15) is 0 Å². The van der Waals surface area contributed by atoms with E-state index in [1.54, 1.807) is 26.8 Å². The number of rotatable bonds is 14. The van der Waals surface area contributed by atoms with Gasteiger partial charge in [-0.15, -0.1) is 0 Å². The Morgan fingerprint density at radius 1 is 0.892 bits per heavy atom. The Hall–Kier alpha value is -3.34. The standard InChI is InChI=1S/C26H39NO10/c1-7-12-32-24(30)36-20-11-10-18(15-21(20)37-25(31)33-13-8-2)14-19(27)22(28)34-16-17(4)35-23(29)26(5,6)9-3/h10-11,15,17,19H,7-9,12-14,16,27H2,1-6H3/t17-,19-/m0/s1. The third kappa shape index (κ3) is 11.5. The van der Waals surface area contributed by atoms with Gasteiger partial charge in [-0.1, -0.05) is 26.8 Å². The second-order valence-corrected chi connectivity index (χ2v) is 9.08. The van der Waals surface area contributed by atoms with E-state index in [2.05, 4.69) is 0 Å². The van der Waals surface area contributed by atoms with E-state index in [9.17, 15) is 19.2 Å². The van der Waals surface area contributed by atoms with Crippen molar-refractivity contribution in [3.8, 4) is 11.5 Å². The summed E-state index contributed by atoms with van der Waals surface area (Å²) in [6.45, 7) is 10.9. The molecule has 1 aromatic carbocycles. The first-order valence-electron chi connectivity index (χ1n) is 12.4. The van der Waals surface area contributed by atoms with Crippen molar-refractivity contribution in [1.29, 1.82) is 0 Å². The monoisotopic (exact) mass is 525 g/mol. The van der Waals surface area contributed by atoms with Crippen molar-refractivity contribution in [2.24, 2.45) is 11.1 Å². The number of hydrogen-bond acceptors (Lipinski definition) is 11. The fourth-order valence-electron chi connectivity index (χ4n) is 2.62. The maximum atomic E-state index is 12.4. The summed E-state index contributed by atoms with van der Waals surface area (Å²) in [5.74, 6) is -1.26. The molecule has 1 aromatic rings. The Labute approximate surface area is 217 Å². The molecular weight excluding hydrogens is 486 g/mol. The number of nitrogens with two attached hydrogens (primary N) is 1. The average molecular weight is 526 g/mol. The third-order valence-corrected chi connectivity index (χ3v) is 5.21. The van der Waals surface area contributed by atoms with E-state index in [0.29, 0.717) is 24.8 Å². The third-order valence-electron chi connectivity index (χ3n) is 5.21. The predicted octanol–water partition coefficient (Wildman–Crippen LogP) is 4.32. The minimum atomic E-state index is -1.06. The van der Waals surface area contributed by atoms with Crippen molar-refractivity contribution in [1.82, 2.24) is 0 Å². The lowest BCUT2D eigenvalue weighted by Crippen LogP contribution is -2.37. The number of hydrogen-bond donors (Lipinski definition) is 1. The van der Waals surface area contributed by atoms with Crippen LogP contribution < -0.4 is 15.2 Å². The molecule has 0 spiro atoms.